The number of aryl methyl sites for hydroxylation is 1. The fraction of sp³-hybridized carbons (Fsp3) is 0.643. The molecule has 0 spiro atoms. The van der Waals surface area contributed by atoms with Crippen LogP contribution >= 0.6 is 0 Å². The van der Waals surface area contributed by atoms with Crippen molar-refractivity contribution in [3.05, 3.63) is 24.0 Å². The van der Waals surface area contributed by atoms with E-state index in [4.69, 9.17) is 9.47 Å². The highest BCUT2D eigenvalue weighted by Gasteiger charge is 2.23. The quantitative estimate of drug-likeness (QED) is 0.753. The van der Waals surface area contributed by atoms with Gasteiger partial charge in [0.2, 0.25) is 5.78 Å². The number of nitrogens with zero attached hydrogens (tertiary/aromatic N) is 1. The maximum atomic E-state index is 11.9. The Kier molecular flexibility index (Phi) is 4.55. The minimum atomic E-state index is 0.0436. The molecule has 2 atom stereocenters. The Morgan fingerprint density at radius 1 is 1.44 bits per heavy atom. The zero-order valence-electron chi connectivity index (χ0n) is 11.1. The number of ether oxygens (including phenoxy) is 2. The average molecular weight is 251 g/mol. The number of methoxy groups -OCH3 is 1. The topological polar surface area (TPSA) is 40.5 Å². The first-order valence-corrected chi connectivity index (χ1v) is 6.49. The van der Waals surface area contributed by atoms with E-state index < -0.39 is 0 Å². The monoisotopic (exact) mass is 251 g/mol. The van der Waals surface area contributed by atoms with Crippen LogP contribution in [0.2, 0.25) is 0 Å². The second-order valence-electron chi connectivity index (χ2n) is 4.88. The Labute approximate surface area is 108 Å². The standard InChI is InChI=1S/C14H21NO3/c1-15-8-4-7-13(15)14(16)10-18-12-6-3-5-11(9-12)17-2/h4,7-8,11-12H,3,5-6,9-10H2,1-2H3. The van der Waals surface area contributed by atoms with Gasteiger partial charge in [-0.05, 0) is 37.8 Å². The zero-order chi connectivity index (χ0) is 13.0. The summed E-state index contributed by atoms with van der Waals surface area (Å²) in [5.41, 5.74) is 0.703. The lowest BCUT2D eigenvalue weighted by atomic mass is 9.95. The van der Waals surface area contributed by atoms with Gasteiger partial charge in [0.05, 0.1) is 17.9 Å². The van der Waals surface area contributed by atoms with Crippen molar-refractivity contribution < 1.29 is 14.3 Å². The Balaban J connectivity index is 1.81. The van der Waals surface area contributed by atoms with Crippen LogP contribution in [0.4, 0.5) is 0 Å². The van der Waals surface area contributed by atoms with Crippen LogP contribution in [0.5, 0.6) is 0 Å². The summed E-state index contributed by atoms with van der Waals surface area (Å²) >= 11 is 0. The molecule has 1 aromatic rings. The van der Waals surface area contributed by atoms with Gasteiger partial charge in [-0.3, -0.25) is 4.79 Å². The van der Waals surface area contributed by atoms with Crippen LogP contribution in [-0.4, -0.2) is 36.3 Å². The van der Waals surface area contributed by atoms with Crippen molar-refractivity contribution in [1.29, 1.82) is 0 Å². The fourth-order valence-corrected chi connectivity index (χ4v) is 2.49. The summed E-state index contributed by atoms with van der Waals surface area (Å²) in [6, 6.07) is 3.69. The maximum absolute atomic E-state index is 11.9. The van der Waals surface area contributed by atoms with Gasteiger partial charge in [0, 0.05) is 20.4 Å². The van der Waals surface area contributed by atoms with Crippen LogP contribution in [-0.2, 0) is 16.5 Å². The summed E-state index contributed by atoms with van der Waals surface area (Å²) in [6.45, 7) is 0.166. The summed E-state index contributed by atoms with van der Waals surface area (Å²) in [4.78, 5) is 11.9. The van der Waals surface area contributed by atoms with E-state index in [1.807, 2.05) is 29.9 Å². The largest absolute Gasteiger partial charge is 0.381 e. The first-order valence-electron chi connectivity index (χ1n) is 6.49. The van der Waals surface area contributed by atoms with E-state index in [9.17, 15) is 4.79 Å². The molecule has 1 aliphatic rings. The lowest BCUT2D eigenvalue weighted by Gasteiger charge is -2.27. The highest BCUT2D eigenvalue weighted by atomic mass is 16.5. The summed E-state index contributed by atoms with van der Waals surface area (Å²) in [5, 5.41) is 0. The minimum absolute atomic E-state index is 0.0436. The van der Waals surface area contributed by atoms with Crippen LogP contribution in [0.15, 0.2) is 18.3 Å². The predicted octanol–water partition coefficient (Wildman–Crippen LogP) is 2.18. The van der Waals surface area contributed by atoms with E-state index in [1.165, 1.54) is 0 Å². The van der Waals surface area contributed by atoms with E-state index in [1.54, 1.807) is 7.11 Å². The van der Waals surface area contributed by atoms with Gasteiger partial charge in [0.25, 0.3) is 0 Å². The molecule has 4 nitrogen and oxygen atoms in total. The van der Waals surface area contributed by atoms with Crippen molar-refractivity contribution in [2.24, 2.45) is 7.05 Å². The molecule has 0 radical (unpaired) electrons. The lowest BCUT2D eigenvalue weighted by molar-refractivity contribution is -0.0244. The zero-order valence-corrected chi connectivity index (χ0v) is 11.1. The van der Waals surface area contributed by atoms with Crippen molar-refractivity contribution in [3.8, 4) is 0 Å². The normalized spacial score (nSPS) is 24.1. The van der Waals surface area contributed by atoms with Gasteiger partial charge in [-0.25, -0.2) is 0 Å². The lowest BCUT2D eigenvalue weighted by Crippen LogP contribution is -2.29. The summed E-state index contributed by atoms with van der Waals surface area (Å²) in [5.74, 6) is 0.0436. The minimum Gasteiger partial charge on any atom is -0.381 e. The van der Waals surface area contributed by atoms with E-state index in [-0.39, 0.29) is 24.6 Å². The molecular formula is C14H21NO3. The number of ketones is 1. The van der Waals surface area contributed by atoms with Crippen molar-refractivity contribution >= 4 is 5.78 Å². The second-order valence-corrected chi connectivity index (χ2v) is 4.88. The van der Waals surface area contributed by atoms with E-state index in [0.717, 1.165) is 25.7 Å². The SMILES string of the molecule is COC1CCCC(OCC(=O)c2cccn2C)C1. The molecule has 1 fully saturated rings. The number of carbonyl (C=O) groups excluding carboxylic acids is 1. The molecule has 2 unspecified atom stereocenters. The molecule has 18 heavy (non-hydrogen) atoms. The summed E-state index contributed by atoms with van der Waals surface area (Å²) in [7, 11) is 3.61. The van der Waals surface area contributed by atoms with Gasteiger partial charge in [0.15, 0.2) is 0 Å². The average Bonchev–Trinajstić information content (AvgIpc) is 2.82. The molecule has 0 amide bonds. The summed E-state index contributed by atoms with van der Waals surface area (Å²) < 4.78 is 12.9. The highest BCUT2D eigenvalue weighted by Crippen LogP contribution is 2.23. The number of hydrogen-bond acceptors (Lipinski definition) is 3. The molecule has 100 valence electrons. The van der Waals surface area contributed by atoms with Gasteiger partial charge >= 0.3 is 0 Å². The molecule has 0 aromatic carbocycles. The third-order valence-corrected chi connectivity index (χ3v) is 3.59. The molecule has 1 heterocycles. The molecule has 0 aliphatic heterocycles. The Bertz CT molecular complexity index is 399. The fourth-order valence-electron chi connectivity index (χ4n) is 2.49. The molecule has 2 rings (SSSR count). The molecular weight excluding hydrogens is 230 g/mol. The van der Waals surface area contributed by atoms with Gasteiger partial charge < -0.3 is 14.0 Å². The Morgan fingerprint density at radius 2 is 2.22 bits per heavy atom. The van der Waals surface area contributed by atoms with E-state index >= 15 is 0 Å². The van der Waals surface area contributed by atoms with Gasteiger partial charge in [-0.2, -0.15) is 0 Å². The highest BCUT2D eigenvalue weighted by molar-refractivity contribution is 5.95. The van der Waals surface area contributed by atoms with Crippen LogP contribution in [0, 0.1) is 0 Å². The van der Waals surface area contributed by atoms with Crippen molar-refractivity contribution in [1.82, 2.24) is 4.57 Å². The van der Waals surface area contributed by atoms with Gasteiger partial charge in [0.1, 0.15) is 6.61 Å². The first kappa shape index (κ1) is 13.3. The molecule has 0 saturated heterocycles. The number of Topliss-reactive ketones (excluding diaryl/α,β-unsaturated/α-hetero) is 1. The molecule has 4 heteroatoms. The van der Waals surface area contributed by atoms with Crippen molar-refractivity contribution in [3.63, 3.8) is 0 Å². The predicted molar refractivity (Wildman–Crippen MR) is 68.7 cm³/mol. The van der Waals surface area contributed by atoms with Crippen molar-refractivity contribution in [2.75, 3.05) is 13.7 Å². The third-order valence-electron chi connectivity index (χ3n) is 3.59. The second kappa shape index (κ2) is 6.16. The molecule has 1 aliphatic carbocycles. The number of aromatic nitrogens is 1. The van der Waals surface area contributed by atoms with Gasteiger partial charge in [-0.1, -0.05) is 0 Å². The van der Waals surface area contributed by atoms with Crippen molar-refractivity contribution in [2.45, 2.75) is 37.9 Å². The van der Waals surface area contributed by atoms with Crippen LogP contribution in [0.3, 0.4) is 0 Å². The maximum Gasteiger partial charge on any atom is 0.204 e. The molecule has 0 N–H and O–H groups in total. The van der Waals surface area contributed by atoms with E-state index in [0.29, 0.717) is 5.69 Å². The van der Waals surface area contributed by atoms with E-state index in [2.05, 4.69) is 0 Å². The van der Waals surface area contributed by atoms with Crippen LogP contribution in [0.1, 0.15) is 36.2 Å². The first-order chi connectivity index (χ1) is 8.70. The smallest absolute Gasteiger partial charge is 0.204 e. The number of hydrogen-bond donors (Lipinski definition) is 0. The molecule has 1 aromatic heterocycles. The third kappa shape index (κ3) is 3.21. The Morgan fingerprint density at radius 3 is 2.89 bits per heavy atom. The Hall–Kier alpha value is -1.13. The van der Waals surface area contributed by atoms with Crippen LogP contribution in [0.25, 0.3) is 0 Å². The van der Waals surface area contributed by atoms with Crippen LogP contribution < -0.4 is 0 Å². The molecule has 0 bridgehead atoms. The number of rotatable bonds is 5. The van der Waals surface area contributed by atoms with Gasteiger partial charge in [-0.15, -0.1) is 0 Å². The molecule has 1 saturated carbocycles. The number of carbonyl (C=O) groups is 1. The summed E-state index contributed by atoms with van der Waals surface area (Å²) in [6.07, 6.45) is 6.46.